The molecule has 2 rings (SSSR count). The Bertz CT molecular complexity index is 782. The van der Waals surface area contributed by atoms with Crippen molar-refractivity contribution in [3.8, 4) is 11.5 Å². The number of ether oxygens (including phenoxy) is 1. The standard InChI is InChI=1S/C19H22N2O3/c1-12-9-10-13(2)16(11-12)24-15-8-6-7-14(3)17(15)18(21-23-5)19(22)20-4/h6-11H,1-5H3,(H,20,22)/b21-18+. The molecule has 5 heteroatoms. The van der Waals surface area contributed by atoms with E-state index in [2.05, 4.69) is 10.5 Å². The van der Waals surface area contributed by atoms with Gasteiger partial charge in [0.05, 0.1) is 5.56 Å². The van der Waals surface area contributed by atoms with Gasteiger partial charge in [-0.3, -0.25) is 4.79 Å². The summed E-state index contributed by atoms with van der Waals surface area (Å²) in [6, 6.07) is 11.6. The number of nitrogens with one attached hydrogen (secondary N) is 1. The Morgan fingerprint density at radius 3 is 2.46 bits per heavy atom. The molecule has 0 saturated carbocycles. The minimum absolute atomic E-state index is 0.179. The highest BCUT2D eigenvalue weighted by Crippen LogP contribution is 2.31. The summed E-state index contributed by atoms with van der Waals surface area (Å²) in [7, 11) is 2.96. The van der Waals surface area contributed by atoms with Crippen molar-refractivity contribution >= 4 is 11.6 Å². The number of oxime groups is 1. The maximum Gasteiger partial charge on any atom is 0.273 e. The van der Waals surface area contributed by atoms with Crippen LogP contribution in [-0.4, -0.2) is 25.8 Å². The van der Waals surface area contributed by atoms with Gasteiger partial charge in [-0.05, 0) is 49.6 Å². The topological polar surface area (TPSA) is 59.9 Å². The predicted octanol–water partition coefficient (Wildman–Crippen LogP) is 3.50. The van der Waals surface area contributed by atoms with E-state index in [4.69, 9.17) is 9.57 Å². The summed E-state index contributed by atoms with van der Waals surface area (Å²) in [5.41, 5.74) is 3.77. The van der Waals surface area contributed by atoms with Gasteiger partial charge < -0.3 is 14.9 Å². The summed E-state index contributed by atoms with van der Waals surface area (Å²) < 4.78 is 6.11. The maximum absolute atomic E-state index is 12.2. The Kier molecular flexibility index (Phi) is 5.58. The van der Waals surface area contributed by atoms with Crippen LogP contribution in [0.1, 0.15) is 22.3 Å². The summed E-state index contributed by atoms with van der Waals surface area (Å²) in [5, 5.41) is 6.47. The van der Waals surface area contributed by atoms with Gasteiger partial charge in [0.15, 0.2) is 5.71 Å². The molecule has 0 saturated heterocycles. The molecule has 126 valence electrons. The highest BCUT2D eigenvalue weighted by molar-refractivity contribution is 6.46. The molecule has 0 radical (unpaired) electrons. The second-order valence-electron chi connectivity index (χ2n) is 5.52. The van der Waals surface area contributed by atoms with Crippen molar-refractivity contribution in [3.05, 3.63) is 58.7 Å². The molecule has 2 aromatic rings. The second-order valence-corrected chi connectivity index (χ2v) is 5.52. The predicted molar refractivity (Wildman–Crippen MR) is 94.8 cm³/mol. The monoisotopic (exact) mass is 326 g/mol. The molecule has 5 nitrogen and oxygen atoms in total. The van der Waals surface area contributed by atoms with Crippen LogP contribution >= 0.6 is 0 Å². The first kappa shape index (κ1) is 17.5. The summed E-state index contributed by atoms with van der Waals surface area (Å²) in [5.74, 6) is 0.968. The molecule has 0 aliphatic heterocycles. The first-order valence-electron chi connectivity index (χ1n) is 7.66. The normalized spacial score (nSPS) is 11.1. The van der Waals surface area contributed by atoms with Gasteiger partial charge in [0.25, 0.3) is 5.91 Å². The van der Waals surface area contributed by atoms with Crippen LogP contribution < -0.4 is 10.1 Å². The first-order valence-corrected chi connectivity index (χ1v) is 7.66. The molecule has 0 aromatic heterocycles. The summed E-state index contributed by atoms with van der Waals surface area (Å²) in [6.07, 6.45) is 0. The molecule has 0 unspecified atom stereocenters. The Hall–Kier alpha value is -2.82. The van der Waals surface area contributed by atoms with E-state index in [0.717, 1.165) is 22.4 Å². The highest BCUT2D eigenvalue weighted by Gasteiger charge is 2.21. The lowest BCUT2D eigenvalue weighted by Crippen LogP contribution is -2.29. The van der Waals surface area contributed by atoms with Gasteiger partial charge >= 0.3 is 0 Å². The average molecular weight is 326 g/mol. The number of rotatable bonds is 5. The van der Waals surface area contributed by atoms with Crippen molar-refractivity contribution in [1.29, 1.82) is 0 Å². The van der Waals surface area contributed by atoms with Gasteiger partial charge in [0, 0.05) is 7.05 Å². The van der Waals surface area contributed by atoms with E-state index < -0.39 is 0 Å². The lowest BCUT2D eigenvalue weighted by molar-refractivity contribution is -0.114. The minimum atomic E-state index is -0.336. The number of nitrogens with zero attached hydrogens (tertiary/aromatic N) is 1. The molecule has 0 aliphatic carbocycles. The molecule has 0 fully saturated rings. The number of hydrogen-bond acceptors (Lipinski definition) is 4. The fourth-order valence-electron chi connectivity index (χ4n) is 2.38. The van der Waals surface area contributed by atoms with Gasteiger partial charge in [-0.25, -0.2) is 0 Å². The molecule has 0 aliphatic rings. The van der Waals surface area contributed by atoms with Gasteiger partial charge in [0.2, 0.25) is 0 Å². The molecule has 0 heterocycles. The van der Waals surface area contributed by atoms with Crippen LogP contribution in [0.2, 0.25) is 0 Å². The van der Waals surface area contributed by atoms with Gasteiger partial charge in [-0.15, -0.1) is 0 Å². The van der Waals surface area contributed by atoms with Crippen LogP contribution in [0.5, 0.6) is 11.5 Å². The van der Waals surface area contributed by atoms with Gasteiger partial charge in [-0.1, -0.05) is 29.4 Å². The Labute approximate surface area is 142 Å². The molecule has 24 heavy (non-hydrogen) atoms. The molecule has 0 atom stereocenters. The van der Waals surface area contributed by atoms with E-state index in [9.17, 15) is 4.79 Å². The fraction of sp³-hybridized carbons (Fsp3) is 0.263. The Morgan fingerprint density at radius 2 is 1.79 bits per heavy atom. The third kappa shape index (κ3) is 3.74. The van der Waals surface area contributed by atoms with Crippen LogP contribution in [0.25, 0.3) is 0 Å². The third-order valence-corrected chi connectivity index (χ3v) is 3.66. The van der Waals surface area contributed by atoms with Crippen molar-refractivity contribution in [2.45, 2.75) is 20.8 Å². The van der Waals surface area contributed by atoms with Crippen LogP contribution in [0.4, 0.5) is 0 Å². The van der Waals surface area contributed by atoms with E-state index in [1.165, 1.54) is 7.11 Å². The Morgan fingerprint density at radius 1 is 1.04 bits per heavy atom. The van der Waals surface area contributed by atoms with Crippen LogP contribution in [-0.2, 0) is 9.63 Å². The number of benzene rings is 2. The third-order valence-electron chi connectivity index (χ3n) is 3.66. The highest BCUT2D eigenvalue weighted by atomic mass is 16.6. The quantitative estimate of drug-likeness (QED) is 0.676. The summed E-state index contributed by atoms with van der Waals surface area (Å²) >= 11 is 0. The molecular formula is C19H22N2O3. The first-order chi connectivity index (χ1) is 11.5. The zero-order valence-corrected chi connectivity index (χ0v) is 14.6. The molecule has 0 spiro atoms. The van der Waals surface area contributed by atoms with Gasteiger partial charge in [-0.2, -0.15) is 0 Å². The maximum atomic E-state index is 12.2. The number of aryl methyl sites for hydroxylation is 3. The summed E-state index contributed by atoms with van der Waals surface area (Å²) in [4.78, 5) is 17.1. The largest absolute Gasteiger partial charge is 0.456 e. The fourth-order valence-corrected chi connectivity index (χ4v) is 2.38. The van der Waals surface area contributed by atoms with Gasteiger partial charge in [0.1, 0.15) is 18.6 Å². The van der Waals surface area contributed by atoms with Crippen LogP contribution in [0, 0.1) is 20.8 Å². The van der Waals surface area contributed by atoms with E-state index in [1.54, 1.807) is 7.05 Å². The smallest absolute Gasteiger partial charge is 0.273 e. The average Bonchev–Trinajstić information content (AvgIpc) is 2.56. The lowest BCUT2D eigenvalue weighted by Gasteiger charge is -2.16. The zero-order valence-electron chi connectivity index (χ0n) is 14.6. The number of hydrogen-bond donors (Lipinski definition) is 1. The van der Waals surface area contributed by atoms with E-state index in [0.29, 0.717) is 11.3 Å². The Balaban J connectivity index is 2.56. The number of likely N-dealkylation sites (N-methyl/N-ethyl adjacent to an activating group) is 1. The molecule has 1 N–H and O–H groups in total. The molecular weight excluding hydrogens is 304 g/mol. The number of amides is 1. The van der Waals surface area contributed by atoms with Crippen molar-refractivity contribution in [1.82, 2.24) is 5.32 Å². The number of carbonyl (C=O) groups excluding carboxylic acids is 1. The summed E-state index contributed by atoms with van der Waals surface area (Å²) in [6.45, 7) is 5.89. The lowest BCUT2D eigenvalue weighted by atomic mass is 10.0. The van der Waals surface area contributed by atoms with E-state index in [1.807, 2.05) is 57.2 Å². The molecule has 1 amide bonds. The van der Waals surface area contributed by atoms with E-state index in [-0.39, 0.29) is 11.6 Å². The van der Waals surface area contributed by atoms with E-state index >= 15 is 0 Å². The van der Waals surface area contributed by atoms with Crippen molar-refractivity contribution in [2.24, 2.45) is 5.16 Å². The second kappa shape index (κ2) is 7.64. The van der Waals surface area contributed by atoms with Crippen molar-refractivity contribution in [2.75, 3.05) is 14.2 Å². The van der Waals surface area contributed by atoms with Crippen LogP contribution in [0.15, 0.2) is 41.6 Å². The van der Waals surface area contributed by atoms with Crippen LogP contribution in [0.3, 0.4) is 0 Å². The molecule has 2 aromatic carbocycles. The zero-order chi connectivity index (χ0) is 17.7. The number of carbonyl (C=O) groups is 1. The van der Waals surface area contributed by atoms with Crippen molar-refractivity contribution < 1.29 is 14.4 Å². The van der Waals surface area contributed by atoms with Crippen molar-refractivity contribution in [3.63, 3.8) is 0 Å². The SMILES string of the molecule is CNC(=O)/C(=N/OC)c1c(C)cccc1Oc1cc(C)ccc1C. The molecule has 0 bridgehead atoms. The minimum Gasteiger partial charge on any atom is -0.456 e.